The Kier molecular flexibility index (Phi) is 3.20. The Morgan fingerprint density at radius 2 is 2.21 bits per heavy atom. The van der Waals surface area contributed by atoms with Crippen LogP contribution in [0.3, 0.4) is 0 Å². The van der Waals surface area contributed by atoms with E-state index in [1.807, 2.05) is 0 Å². The maximum absolute atomic E-state index is 3.55. The molecule has 1 unspecified atom stereocenters. The second-order valence-electron chi connectivity index (χ2n) is 4.26. The molecule has 1 aliphatic heterocycles. The second kappa shape index (κ2) is 4.61. The molecule has 0 aliphatic carbocycles. The molecule has 1 aromatic rings. The van der Waals surface area contributed by atoms with Gasteiger partial charge < -0.3 is 5.32 Å². The van der Waals surface area contributed by atoms with Crippen molar-refractivity contribution in [2.45, 2.75) is 38.6 Å². The number of hydrogen-bond acceptors (Lipinski definition) is 1. The van der Waals surface area contributed by atoms with Gasteiger partial charge in [-0.3, -0.25) is 0 Å². The largest absolute Gasteiger partial charge is 0.314 e. The van der Waals surface area contributed by atoms with Crippen molar-refractivity contribution in [3.8, 4) is 0 Å². The second-order valence-corrected chi connectivity index (χ2v) is 4.26. The van der Waals surface area contributed by atoms with E-state index in [0.29, 0.717) is 0 Å². The summed E-state index contributed by atoms with van der Waals surface area (Å²) in [5.74, 6) is 0. The third kappa shape index (κ3) is 2.36. The highest BCUT2D eigenvalue weighted by atomic mass is 14.9. The fourth-order valence-corrected chi connectivity index (χ4v) is 2.22. The molecule has 1 nitrogen and oxygen atoms in total. The van der Waals surface area contributed by atoms with E-state index < -0.39 is 0 Å². The van der Waals surface area contributed by atoms with Gasteiger partial charge >= 0.3 is 0 Å². The van der Waals surface area contributed by atoms with Gasteiger partial charge in [-0.15, -0.1) is 0 Å². The van der Waals surface area contributed by atoms with Gasteiger partial charge in [0.2, 0.25) is 0 Å². The Balaban J connectivity index is 1.88. The maximum atomic E-state index is 3.55. The molecular formula is C13H19N. The van der Waals surface area contributed by atoms with Crippen LogP contribution in [0.1, 0.15) is 30.4 Å². The zero-order valence-corrected chi connectivity index (χ0v) is 8.92. The number of nitrogens with one attached hydrogen (secondary N) is 1. The van der Waals surface area contributed by atoms with E-state index in [1.165, 1.54) is 43.4 Å². The Bertz CT molecular complexity index is 287. The molecule has 1 fully saturated rings. The van der Waals surface area contributed by atoms with Crippen molar-refractivity contribution in [3.05, 3.63) is 35.4 Å². The average molecular weight is 189 g/mol. The van der Waals surface area contributed by atoms with Gasteiger partial charge in [0.15, 0.2) is 0 Å². The minimum Gasteiger partial charge on any atom is -0.314 e. The highest BCUT2D eigenvalue weighted by Crippen LogP contribution is 2.14. The van der Waals surface area contributed by atoms with Gasteiger partial charge in [-0.05, 0) is 50.3 Å². The normalized spacial score (nSPS) is 21.4. The van der Waals surface area contributed by atoms with Gasteiger partial charge in [-0.2, -0.15) is 0 Å². The van der Waals surface area contributed by atoms with Crippen LogP contribution >= 0.6 is 0 Å². The van der Waals surface area contributed by atoms with E-state index in [4.69, 9.17) is 0 Å². The maximum Gasteiger partial charge on any atom is 0.00707 e. The van der Waals surface area contributed by atoms with E-state index in [0.717, 1.165) is 6.04 Å². The first-order valence-corrected chi connectivity index (χ1v) is 5.64. The molecule has 1 heterocycles. The van der Waals surface area contributed by atoms with Gasteiger partial charge in [-0.25, -0.2) is 0 Å². The van der Waals surface area contributed by atoms with Crippen LogP contribution < -0.4 is 5.32 Å². The molecule has 1 N–H and O–H groups in total. The molecule has 2 rings (SSSR count). The topological polar surface area (TPSA) is 12.0 Å². The van der Waals surface area contributed by atoms with Crippen LogP contribution in [0.15, 0.2) is 24.3 Å². The number of rotatable bonds is 3. The van der Waals surface area contributed by atoms with E-state index in [1.54, 1.807) is 0 Å². The zero-order valence-electron chi connectivity index (χ0n) is 8.92. The first-order chi connectivity index (χ1) is 6.86. The van der Waals surface area contributed by atoms with Crippen LogP contribution in [0.25, 0.3) is 0 Å². The predicted octanol–water partition coefficient (Wildman–Crippen LogP) is 2.68. The summed E-state index contributed by atoms with van der Waals surface area (Å²) in [6, 6.07) is 9.49. The van der Waals surface area contributed by atoms with E-state index in [2.05, 4.69) is 36.5 Å². The highest BCUT2D eigenvalue weighted by Gasteiger charge is 2.13. The quantitative estimate of drug-likeness (QED) is 0.771. The van der Waals surface area contributed by atoms with Crippen LogP contribution in [0.5, 0.6) is 0 Å². The van der Waals surface area contributed by atoms with Crippen LogP contribution in [0.2, 0.25) is 0 Å². The molecule has 14 heavy (non-hydrogen) atoms. The third-order valence-corrected chi connectivity index (χ3v) is 3.19. The highest BCUT2D eigenvalue weighted by molar-refractivity contribution is 5.25. The minimum atomic E-state index is 0.773. The van der Waals surface area contributed by atoms with Crippen molar-refractivity contribution in [2.24, 2.45) is 0 Å². The molecule has 0 radical (unpaired) electrons. The Labute approximate surface area is 86.5 Å². The zero-order chi connectivity index (χ0) is 9.80. The van der Waals surface area contributed by atoms with Crippen molar-refractivity contribution in [2.75, 3.05) is 6.54 Å². The summed E-state index contributed by atoms with van der Waals surface area (Å²) in [7, 11) is 0. The standard InChI is InChI=1S/C13H19N/c1-11-5-2-3-6-12(11)8-9-13-7-4-10-14-13/h2-3,5-6,13-14H,4,7-10H2,1H3. The smallest absolute Gasteiger partial charge is 0.00707 e. The van der Waals surface area contributed by atoms with Gasteiger partial charge in [0, 0.05) is 6.04 Å². The third-order valence-electron chi connectivity index (χ3n) is 3.19. The summed E-state index contributed by atoms with van der Waals surface area (Å²) in [5, 5.41) is 3.55. The molecule has 0 bridgehead atoms. The summed E-state index contributed by atoms with van der Waals surface area (Å²) in [6.07, 6.45) is 5.25. The summed E-state index contributed by atoms with van der Waals surface area (Å²) in [5.41, 5.74) is 2.95. The lowest BCUT2D eigenvalue weighted by atomic mass is 10.0. The fraction of sp³-hybridized carbons (Fsp3) is 0.538. The number of aryl methyl sites for hydroxylation is 2. The first kappa shape index (κ1) is 9.72. The Hall–Kier alpha value is -0.820. The molecule has 76 valence electrons. The molecular weight excluding hydrogens is 170 g/mol. The molecule has 0 aromatic heterocycles. The summed E-state index contributed by atoms with van der Waals surface area (Å²) >= 11 is 0. The van der Waals surface area contributed by atoms with E-state index >= 15 is 0 Å². The van der Waals surface area contributed by atoms with Crippen LogP contribution in [-0.4, -0.2) is 12.6 Å². The lowest BCUT2D eigenvalue weighted by Crippen LogP contribution is -2.21. The minimum absolute atomic E-state index is 0.773. The number of benzene rings is 1. The van der Waals surface area contributed by atoms with Crippen LogP contribution in [0, 0.1) is 6.92 Å². The molecule has 1 atom stereocenters. The van der Waals surface area contributed by atoms with Crippen molar-refractivity contribution in [3.63, 3.8) is 0 Å². The Morgan fingerprint density at radius 3 is 2.93 bits per heavy atom. The average Bonchev–Trinajstić information content (AvgIpc) is 2.69. The van der Waals surface area contributed by atoms with Crippen LogP contribution in [0.4, 0.5) is 0 Å². The van der Waals surface area contributed by atoms with Gasteiger partial charge in [0.25, 0.3) is 0 Å². The summed E-state index contributed by atoms with van der Waals surface area (Å²) < 4.78 is 0. The lowest BCUT2D eigenvalue weighted by Gasteiger charge is -2.10. The SMILES string of the molecule is Cc1ccccc1CCC1CCCN1. The summed E-state index contributed by atoms with van der Waals surface area (Å²) in [6.45, 7) is 3.43. The lowest BCUT2D eigenvalue weighted by molar-refractivity contribution is 0.558. The van der Waals surface area contributed by atoms with Gasteiger partial charge in [0.1, 0.15) is 0 Å². The predicted molar refractivity (Wildman–Crippen MR) is 60.5 cm³/mol. The molecule has 0 saturated carbocycles. The first-order valence-electron chi connectivity index (χ1n) is 5.64. The van der Waals surface area contributed by atoms with Gasteiger partial charge in [-0.1, -0.05) is 24.3 Å². The Morgan fingerprint density at radius 1 is 1.36 bits per heavy atom. The van der Waals surface area contributed by atoms with E-state index in [-0.39, 0.29) is 0 Å². The molecule has 0 spiro atoms. The molecule has 1 heteroatoms. The van der Waals surface area contributed by atoms with Crippen LogP contribution in [-0.2, 0) is 6.42 Å². The molecule has 1 aliphatic rings. The van der Waals surface area contributed by atoms with E-state index in [9.17, 15) is 0 Å². The molecule has 1 saturated heterocycles. The van der Waals surface area contributed by atoms with Crippen molar-refractivity contribution in [1.82, 2.24) is 5.32 Å². The molecule has 0 amide bonds. The number of hydrogen-bond donors (Lipinski definition) is 1. The monoisotopic (exact) mass is 189 g/mol. The van der Waals surface area contributed by atoms with Crippen molar-refractivity contribution in [1.29, 1.82) is 0 Å². The summed E-state index contributed by atoms with van der Waals surface area (Å²) in [4.78, 5) is 0. The van der Waals surface area contributed by atoms with Gasteiger partial charge in [0.05, 0.1) is 0 Å². The fourth-order valence-electron chi connectivity index (χ4n) is 2.22. The van der Waals surface area contributed by atoms with Crippen molar-refractivity contribution >= 4 is 0 Å². The van der Waals surface area contributed by atoms with Crippen molar-refractivity contribution < 1.29 is 0 Å². The molecule has 1 aromatic carbocycles.